The standard InChI is InChI=1S/C13H20N4O3/c1-13(2,19-3)12(18)16-5-4-11-10(7-16)17-9(8-20-11)6-14-15-17/h6,10-11H,4-5,7-8H2,1-3H3. The normalized spacial score (nSPS) is 26.1. The van der Waals surface area contributed by atoms with E-state index in [1.54, 1.807) is 27.2 Å². The van der Waals surface area contributed by atoms with Gasteiger partial charge in [0.1, 0.15) is 5.60 Å². The Hall–Kier alpha value is -1.47. The Morgan fingerprint density at radius 2 is 2.35 bits per heavy atom. The lowest BCUT2D eigenvalue weighted by molar-refractivity contribution is -0.157. The van der Waals surface area contributed by atoms with Gasteiger partial charge in [-0.15, -0.1) is 5.10 Å². The van der Waals surface area contributed by atoms with Gasteiger partial charge >= 0.3 is 0 Å². The average molecular weight is 280 g/mol. The van der Waals surface area contributed by atoms with Crippen LogP contribution >= 0.6 is 0 Å². The van der Waals surface area contributed by atoms with Crippen LogP contribution in [-0.4, -0.2) is 57.7 Å². The average Bonchev–Trinajstić information content (AvgIpc) is 2.94. The zero-order chi connectivity index (χ0) is 14.3. The molecule has 1 amide bonds. The molecule has 0 bridgehead atoms. The number of hydrogen-bond donors (Lipinski definition) is 0. The fourth-order valence-corrected chi connectivity index (χ4v) is 2.83. The molecule has 2 unspecified atom stereocenters. The van der Waals surface area contributed by atoms with Crippen LogP contribution in [0.3, 0.4) is 0 Å². The molecule has 0 radical (unpaired) electrons. The van der Waals surface area contributed by atoms with Crippen LogP contribution in [0.2, 0.25) is 0 Å². The smallest absolute Gasteiger partial charge is 0.254 e. The number of nitrogens with zero attached hydrogens (tertiary/aromatic N) is 4. The minimum atomic E-state index is -0.798. The van der Waals surface area contributed by atoms with Crippen LogP contribution in [-0.2, 0) is 20.9 Å². The van der Waals surface area contributed by atoms with Gasteiger partial charge < -0.3 is 14.4 Å². The number of rotatable bonds is 2. The van der Waals surface area contributed by atoms with Gasteiger partial charge in [0, 0.05) is 20.2 Å². The molecule has 0 saturated carbocycles. The predicted molar refractivity (Wildman–Crippen MR) is 69.9 cm³/mol. The van der Waals surface area contributed by atoms with E-state index in [1.165, 1.54) is 0 Å². The Morgan fingerprint density at radius 1 is 1.55 bits per heavy atom. The maximum absolute atomic E-state index is 12.5. The first-order chi connectivity index (χ1) is 9.53. The molecule has 7 heteroatoms. The molecule has 3 heterocycles. The second kappa shape index (κ2) is 4.82. The number of amides is 1. The number of hydrogen-bond acceptors (Lipinski definition) is 5. The van der Waals surface area contributed by atoms with Gasteiger partial charge in [-0.1, -0.05) is 5.21 Å². The summed E-state index contributed by atoms with van der Waals surface area (Å²) in [5.74, 6) is 0.00527. The Balaban J connectivity index is 1.80. The summed E-state index contributed by atoms with van der Waals surface area (Å²) < 4.78 is 13.0. The fraction of sp³-hybridized carbons (Fsp3) is 0.769. The summed E-state index contributed by atoms with van der Waals surface area (Å²) in [4.78, 5) is 14.3. The summed E-state index contributed by atoms with van der Waals surface area (Å²) in [6.45, 7) is 5.41. The lowest BCUT2D eigenvalue weighted by atomic mass is 9.98. The van der Waals surface area contributed by atoms with E-state index < -0.39 is 5.60 Å². The Morgan fingerprint density at radius 3 is 3.10 bits per heavy atom. The second-order valence-corrected chi connectivity index (χ2v) is 5.84. The Bertz CT molecular complexity index is 513. The van der Waals surface area contributed by atoms with Crippen LogP contribution in [0, 0.1) is 0 Å². The van der Waals surface area contributed by atoms with Gasteiger partial charge in [-0.05, 0) is 20.3 Å². The van der Waals surface area contributed by atoms with Gasteiger partial charge in [0.05, 0.1) is 30.6 Å². The van der Waals surface area contributed by atoms with E-state index in [-0.39, 0.29) is 18.1 Å². The second-order valence-electron chi connectivity index (χ2n) is 5.84. The summed E-state index contributed by atoms with van der Waals surface area (Å²) in [6.07, 6.45) is 2.64. The van der Waals surface area contributed by atoms with Gasteiger partial charge in [0.15, 0.2) is 0 Å². The number of methoxy groups -OCH3 is 1. The van der Waals surface area contributed by atoms with Crippen molar-refractivity contribution < 1.29 is 14.3 Å². The molecule has 0 aliphatic carbocycles. The van der Waals surface area contributed by atoms with Crippen molar-refractivity contribution in [3.63, 3.8) is 0 Å². The van der Waals surface area contributed by atoms with Crippen LogP contribution in [0.1, 0.15) is 32.0 Å². The molecule has 0 N–H and O–H groups in total. The quantitative estimate of drug-likeness (QED) is 0.783. The van der Waals surface area contributed by atoms with Crippen molar-refractivity contribution in [3.05, 3.63) is 11.9 Å². The summed E-state index contributed by atoms with van der Waals surface area (Å²) in [5.41, 5.74) is 0.166. The van der Waals surface area contributed by atoms with Crippen molar-refractivity contribution in [2.24, 2.45) is 0 Å². The molecular weight excluding hydrogens is 260 g/mol. The zero-order valence-corrected chi connectivity index (χ0v) is 12.1. The molecule has 20 heavy (non-hydrogen) atoms. The summed E-state index contributed by atoms with van der Waals surface area (Å²) >= 11 is 0. The van der Waals surface area contributed by atoms with Crippen molar-refractivity contribution in [1.82, 2.24) is 19.9 Å². The minimum absolute atomic E-state index is 0.00527. The highest BCUT2D eigenvalue weighted by Gasteiger charge is 2.41. The zero-order valence-electron chi connectivity index (χ0n) is 12.1. The van der Waals surface area contributed by atoms with E-state index in [0.717, 1.165) is 12.1 Å². The Labute approximate surface area is 117 Å². The molecule has 2 aliphatic rings. The molecule has 1 fully saturated rings. The van der Waals surface area contributed by atoms with Crippen molar-refractivity contribution in [3.8, 4) is 0 Å². The largest absolute Gasteiger partial charge is 0.370 e. The lowest BCUT2D eigenvalue weighted by Gasteiger charge is -2.42. The van der Waals surface area contributed by atoms with Gasteiger partial charge in [0.2, 0.25) is 0 Å². The van der Waals surface area contributed by atoms with E-state index in [4.69, 9.17) is 9.47 Å². The third kappa shape index (κ3) is 2.10. The molecule has 110 valence electrons. The highest BCUT2D eigenvalue weighted by molar-refractivity contribution is 5.84. The van der Waals surface area contributed by atoms with Gasteiger partial charge in [0.25, 0.3) is 5.91 Å². The maximum Gasteiger partial charge on any atom is 0.254 e. The van der Waals surface area contributed by atoms with E-state index in [9.17, 15) is 4.79 Å². The maximum atomic E-state index is 12.5. The number of ether oxygens (including phenoxy) is 2. The summed E-state index contributed by atoms with van der Waals surface area (Å²) in [7, 11) is 1.56. The van der Waals surface area contributed by atoms with Crippen molar-refractivity contribution >= 4 is 5.91 Å². The first-order valence-electron chi connectivity index (χ1n) is 6.88. The first-order valence-corrected chi connectivity index (χ1v) is 6.88. The van der Waals surface area contributed by atoms with Crippen LogP contribution < -0.4 is 0 Å². The molecule has 1 aromatic rings. The Kier molecular flexibility index (Phi) is 3.25. The summed E-state index contributed by atoms with van der Waals surface area (Å²) in [5, 5.41) is 8.07. The van der Waals surface area contributed by atoms with Gasteiger partial charge in [-0.3, -0.25) is 4.79 Å². The number of aromatic nitrogens is 3. The third-order valence-corrected chi connectivity index (χ3v) is 4.24. The van der Waals surface area contributed by atoms with E-state index >= 15 is 0 Å². The first kappa shape index (κ1) is 13.5. The molecular formula is C13H20N4O3. The topological polar surface area (TPSA) is 69.5 Å². The van der Waals surface area contributed by atoms with Crippen molar-refractivity contribution in [2.45, 2.75) is 44.6 Å². The highest BCUT2D eigenvalue weighted by atomic mass is 16.5. The number of piperidine rings is 1. The predicted octanol–water partition coefficient (Wildman–Crippen LogP) is 0.375. The van der Waals surface area contributed by atoms with Crippen LogP contribution in [0.4, 0.5) is 0 Å². The lowest BCUT2D eigenvalue weighted by Crippen LogP contribution is -2.54. The van der Waals surface area contributed by atoms with E-state index in [2.05, 4.69) is 10.3 Å². The van der Waals surface area contributed by atoms with Gasteiger partial charge in [-0.25, -0.2) is 4.68 Å². The number of carbonyl (C=O) groups is 1. The van der Waals surface area contributed by atoms with E-state index in [0.29, 0.717) is 19.7 Å². The molecule has 1 aromatic heterocycles. The van der Waals surface area contributed by atoms with Crippen molar-refractivity contribution in [1.29, 1.82) is 0 Å². The molecule has 3 rings (SSSR count). The fourth-order valence-electron chi connectivity index (χ4n) is 2.83. The van der Waals surface area contributed by atoms with Crippen LogP contribution in [0.5, 0.6) is 0 Å². The number of carbonyl (C=O) groups excluding carboxylic acids is 1. The third-order valence-electron chi connectivity index (χ3n) is 4.24. The number of fused-ring (bicyclic) bond motifs is 3. The highest BCUT2D eigenvalue weighted by Crippen LogP contribution is 2.31. The SMILES string of the molecule is COC(C)(C)C(=O)N1CCC2OCc3cnnn3C2C1. The van der Waals surface area contributed by atoms with E-state index in [1.807, 2.05) is 9.58 Å². The number of likely N-dealkylation sites (tertiary alicyclic amines) is 1. The molecule has 7 nitrogen and oxygen atoms in total. The molecule has 0 aromatic carbocycles. The molecule has 1 saturated heterocycles. The van der Waals surface area contributed by atoms with Crippen molar-refractivity contribution in [2.75, 3.05) is 20.2 Å². The monoisotopic (exact) mass is 280 g/mol. The minimum Gasteiger partial charge on any atom is -0.370 e. The molecule has 2 aliphatic heterocycles. The molecule has 2 atom stereocenters. The molecule has 0 spiro atoms. The van der Waals surface area contributed by atoms with Crippen LogP contribution in [0.15, 0.2) is 6.20 Å². The summed E-state index contributed by atoms with van der Waals surface area (Å²) in [6, 6.07) is 0.0478. The van der Waals surface area contributed by atoms with Crippen LogP contribution in [0.25, 0.3) is 0 Å². The van der Waals surface area contributed by atoms with Gasteiger partial charge in [-0.2, -0.15) is 0 Å².